The fraction of sp³-hybridized carbons (Fsp3) is 0.190. The van der Waals surface area contributed by atoms with Crippen LogP contribution in [0.5, 0.6) is 5.75 Å². The van der Waals surface area contributed by atoms with Crippen molar-refractivity contribution in [2.45, 2.75) is 20.0 Å². The Bertz CT molecular complexity index is 909. The monoisotopic (exact) mass is 333 g/mol. The largest absolute Gasteiger partial charge is 0.496 e. The van der Waals surface area contributed by atoms with Crippen molar-refractivity contribution in [2.75, 3.05) is 7.11 Å². The Labute approximate surface area is 148 Å². The van der Waals surface area contributed by atoms with Crippen LogP contribution in [0.15, 0.2) is 66.3 Å². The number of nitrogens with zero attached hydrogens (tertiary/aromatic N) is 2. The first-order valence-corrected chi connectivity index (χ1v) is 8.32. The molecule has 4 nitrogen and oxygen atoms in total. The van der Waals surface area contributed by atoms with Gasteiger partial charge in [0.25, 0.3) is 0 Å². The summed E-state index contributed by atoms with van der Waals surface area (Å²) in [6.07, 6.45) is 3.81. The van der Waals surface area contributed by atoms with Crippen molar-refractivity contribution in [2.24, 2.45) is 5.10 Å². The summed E-state index contributed by atoms with van der Waals surface area (Å²) in [6.45, 7) is 7.38. The highest BCUT2D eigenvalue weighted by Gasteiger charge is 2.11. The van der Waals surface area contributed by atoms with Crippen LogP contribution in [-0.2, 0) is 13.1 Å². The zero-order chi connectivity index (χ0) is 17.6. The van der Waals surface area contributed by atoms with Crippen LogP contribution in [0.4, 0.5) is 0 Å². The van der Waals surface area contributed by atoms with E-state index < -0.39 is 0 Å². The van der Waals surface area contributed by atoms with E-state index in [1.807, 2.05) is 36.6 Å². The van der Waals surface area contributed by atoms with Gasteiger partial charge >= 0.3 is 0 Å². The van der Waals surface area contributed by atoms with E-state index in [1.54, 1.807) is 7.11 Å². The van der Waals surface area contributed by atoms with E-state index in [-0.39, 0.29) is 0 Å². The van der Waals surface area contributed by atoms with E-state index in [9.17, 15) is 0 Å². The molecular formula is C21H23N3O. The lowest BCUT2D eigenvalue weighted by Gasteiger charge is -2.07. The summed E-state index contributed by atoms with van der Waals surface area (Å²) in [4.78, 5) is 0. The smallest absolute Gasteiger partial charge is 0.123 e. The average molecular weight is 333 g/mol. The molecule has 0 bridgehead atoms. The topological polar surface area (TPSA) is 38.5 Å². The van der Waals surface area contributed by atoms with Crippen molar-refractivity contribution in [3.05, 3.63) is 78.0 Å². The molecule has 0 saturated carbocycles. The van der Waals surface area contributed by atoms with Crippen LogP contribution in [0.25, 0.3) is 10.9 Å². The molecule has 0 atom stereocenters. The Kier molecular flexibility index (Phi) is 5.19. The maximum Gasteiger partial charge on any atom is 0.123 e. The second kappa shape index (κ2) is 7.71. The van der Waals surface area contributed by atoms with Crippen LogP contribution < -0.4 is 10.2 Å². The van der Waals surface area contributed by atoms with Crippen LogP contribution in [0.3, 0.4) is 0 Å². The lowest BCUT2D eigenvalue weighted by molar-refractivity contribution is 0.408. The Morgan fingerprint density at radius 1 is 1.16 bits per heavy atom. The number of allylic oxidation sites excluding steroid dienone is 1. The van der Waals surface area contributed by atoms with Gasteiger partial charge in [-0.25, -0.2) is 0 Å². The molecule has 0 aliphatic rings. The van der Waals surface area contributed by atoms with Crippen molar-refractivity contribution in [3.8, 4) is 5.75 Å². The lowest BCUT2D eigenvalue weighted by atomic mass is 10.1. The first-order chi connectivity index (χ1) is 12.3. The molecule has 0 saturated heterocycles. The summed E-state index contributed by atoms with van der Waals surface area (Å²) in [6, 6.07) is 16.3. The average Bonchev–Trinajstić information content (AvgIpc) is 2.91. The number of benzene rings is 2. The first-order valence-electron chi connectivity index (χ1n) is 8.32. The summed E-state index contributed by atoms with van der Waals surface area (Å²) < 4.78 is 7.62. The second-order valence-corrected chi connectivity index (χ2v) is 5.82. The number of hydrogen-bond donors (Lipinski definition) is 1. The number of hydrogen-bond acceptors (Lipinski definition) is 3. The number of fused-ring (bicyclic) bond motifs is 1. The van der Waals surface area contributed by atoms with Gasteiger partial charge in [0.15, 0.2) is 0 Å². The van der Waals surface area contributed by atoms with Gasteiger partial charge in [-0.3, -0.25) is 0 Å². The summed E-state index contributed by atoms with van der Waals surface area (Å²) in [7, 11) is 1.68. The zero-order valence-electron chi connectivity index (χ0n) is 14.7. The number of rotatable bonds is 7. The zero-order valence-corrected chi connectivity index (χ0v) is 14.7. The fourth-order valence-electron chi connectivity index (χ4n) is 3.08. The van der Waals surface area contributed by atoms with Crippen molar-refractivity contribution in [3.63, 3.8) is 0 Å². The first kappa shape index (κ1) is 16.8. The molecule has 1 heterocycles. The van der Waals surface area contributed by atoms with Crippen molar-refractivity contribution < 1.29 is 4.74 Å². The van der Waals surface area contributed by atoms with E-state index in [4.69, 9.17) is 4.74 Å². The molecule has 0 radical (unpaired) electrons. The third-order valence-electron chi connectivity index (χ3n) is 4.34. The maximum atomic E-state index is 5.36. The van der Waals surface area contributed by atoms with Gasteiger partial charge in [-0.05, 0) is 19.1 Å². The number of para-hydroxylation sites is 2. The van der Waals surface area contributed by atoms with Gasteiger partial charge in [-0.2, -0.15) is 5.10 Å². The summed E-state index contributed by atoms with van der Waals surface area (Å²) in [5.41, 5.74) is 7.71. The van der Waals surface area contributed by atoms with E-state index in [0.717, 1.165) is 23.4 Å². The van der Waals surface area contributed by atoms with Gasteiger partial charge < -0.3 is 14.7 Å². The molecule has 2 aromatic carbocycles. The third-order valence-corrected chi connectivity index (χ3v) is 4.34. The minimum absolute atomic E-state index is 0.616. The van der Waals surface area contributed by atoms with Gasteiger partial charge in [-0.1, -0.05) is 42.5 Å². The summed E-state index contributed by atoms with van der Waals surface area (Å²) in [5, 5.41) is 5.63. The fourth-order valence-corrected chi connectivity index (χ4v) is 3.08. The Balaban J connectivity index is 1.82. The number of ether oxygens (including phenoxy) is 1. The summed E-state index contributed by atoms with van der Waals surface area (Å²) in [5.74, 6) is 0.865. The molecule has 0 spiro atoms. The van der Waals surface area contributed by atoms with Crippen molar-refractivity contribution >= 4 is 17.1 Å². The van der Waals surface area contributed by atoms with Gasteiger partial charge in [0.2, 0.25) is 0 Å². The highest BCUT2D eigenvalue weighted by Crippen LogP contribution is 2.24. The van der Waals surface area contributed by atoms with Crippen LogP contribution in [0.1, 0.15) is 16.8 Å². The molecule has 4 heteroatoms. The van der Waals surface area contributed by atoms with Gasteiger partial charge in [0.05, 0.1) is 19.9 Å². The highest BCUT2D eigenvalue weighted by molar-refractivity contribution is 6.01. The molecule has 1 N–H and O–H groups in total. The predicted molar refractivity (Wildman–Crippen MR) is 104 cm³/mol. The molecule has 3 rings (SSSR count). The third kappa shape index (κ3) is 3.43. The quantitative estimate of drug-likeness (QED) is 0.398. The van der Waals surface area contributed by atoms with Crippen molar-refractivity contribution in [1.29, 1.82) is 0 Å². The molecular weight excluding hydrogens is 310 g/mol. The SMILES string of the molecule is C=CCn1c(C)c(/C=N\NCc2ccccc2OC)c2ccccc21. The Morgan fingerprint density at radius 3 is 2.72 bits per heavy atom. The van der Waals surface area contributed by atoms with Crippen LogP contribution >= 0.6 is 0 Å². The van der Waals surface area contributed by atoms with Crippen LogP contribution in [0.2, 0.25) is 0 Å². The highest BCUT2D eigenvalue weighted by atomic mass is 16.5. The molecule has 0 aliphatic carbocycles. The minimum Gasteiger partial charge on any atom is -0.496 e. The second-order valence-electron chi connectivity index (χ2n) is 5.82. The van der Waals surface area contributed by atoms with Crippen molar-refractivity contribution in [1.82, 2.24) is 9.99 Å². The minimum atomic E-state index is 0.616. The molecule has 1 aromatic heterocycles. The number of methoxy groups -OCH3 is 1. The van der Waals surface area contributed by atoms with Gasteiger partial charge in [0, 0.05) is 34.3 Å². The van der Waals surface area contributed by atoms with E-state index in [2.05, 4.69) is 52.9 Å². The summed E-state index contributed by atoms with van der Waals surface area (Å²) >= 11 is 0. The Hall–Kier alpha value is -3.01. The van der Waals surface area contributed by atoms with Gasteiger partial charge in [0.1, 0.15) is 5.75 Å². The van der Waals surface area contributed by atoms with Crippen LogP contribution in [-0.4, -0.2) is 17.9 Å². The molecule has 128 valence electrons. The molecule has 0 amide bonds. The Morgan fingerprint density at radius 2 is 1.92 bits per heavy atom. The van der Waals surface area contributed by atoms with E-state index in [1.165, 1.54) is 16.6 Å². The standard InChI is InChI=1S/C21H23N3O/c1-4-13-24-16(2)19(18-10-6-7-11-20(18)24)15-23-22-14-17-9-5-8-12-21(17)25-3/h4-12,15,22H,1,13-14H2,2-3H3/b23-15-. The molecule has 3 aromatic rings. The normalized spacial score (nSPS) is 11.1. The molecule has 0 fully saturated rings. The molecule has 0 unspecified atom stereocenters. The lowest BCUT2D eigenvalue weighted by Crippen LogP contribution is -2.07. The number of hydrazone groups is 1. The van der Waals surface area contributed by atoms with E-state index in [0.29, 0.717) is 6.54 Å². The van der Waals surface area contributed by atoms with Crippen LogP contribution in [0, 0.1) is 6.92 Å². The number of aromatic nitrogens is 1. The maximum absolute atomic E-state index is 5.36. The molecule has 25 heavy (non-hydrogen) atoms. The van der Waals surface area contributed by atoms with Gasteiger partial charge in [-0.15, -0.1) is 6.58 Å². The number of nitrogens with one attached hydrogen (secondary N) is 1. The molecule has 0 aliphatic heterocycles. The van der Waals surface area contributed by atoms with E-state index >= 15 is 0 Å². The predicted octanol–water partition coefficient (Wildman–Crippen LogP) is 4.27.